The van der Waals surface area contributed by atoms with Crippen LogP contribution in [0, 0.1) is 0 Å². The van der Waals surface area contributed by atoms with Crippen molar-refractivity contribution in [2.45, 2.75) is 58.3 Å². The summed E-state index contributed by atoms with van der Waals surface area (Å²) in [7, 11) is 2.26. The van der Waals surface area contributed by atoms with Gasteiger partial charge in [0.1, 0.15) is 0 Å². The molecule has 2 nitrogen and oxygen atoms in total. The van der Waals surface area contributed by atoms with E-state index in [-0.39, 0.29) is 0 Å². The predicted octanol–water partition coefficient (Wildman–Crippen LogP) is 3.17. The second kappa shape index (κ2) is 6.35. The average Bonchev–Trinajstić information content (AvgIpc) is 2.25. The van der Waals surface area contributed by atoms with E-state index < -0.39 is 0 Å². The van der Waals surface area contributed by atoms with Gasteiger partial charge in [0.2, 0.25) is 0 Å². The molecule has 0 amide bonds. The lowest BCUT2D eigenvalue weighted by Gasteiger charge is -2.35. The maximum Gasteiger partial charge on any atom is 0.0236 e. The molecule has 1 saturated carbocycles. The molecular formula is C16H26N2. The van der Waals surface area contributed by atoms with Gasteiger partial charge in [0.15, 0.2) is 0 Å². The largest absolute Gasteiger partial charge is 0.310 e. The van der Waals surface area contributed by atoms with Crippen LogP contribution in [0.2, 0.25) is 0 Å². The van der Waals surface area contributed by atoms with Crippen LogP contribution in [0.15, 0.2) is 24.3 Å². The molecule has 0 aromatic heterocycles. The molecule has 2 rings (SSSR count). The number of benzene rings is 1. The minimum absolute atomic E-state index is 0.544. The third-order valence-electron chi connectivity index (χ3n) is 3.94. The van der Waals surface area contributed by atoms with Gasteiger partial charge in [-0.1, -0.05) is 44.5 Å². The summed E-state index contributed by atoms with van der Waals surface area (Å²) in [5.74, 6) is 0. The normalized spacial score (nSPS) is 16.3. The van der Waals surface area contributed by atoms with Gasteiger partial charge < -0.3 is 5.32 Å². The summed E-state index contributed by atoms with van der Waals surface area (Å²) in [6.45, 7) is 6.46. The molecule has 1 aliphatic carbocycles. The molecule has 0 aliphatic heterocycles. The zero-order valence-corrected chi connectivity index (χ0v) is 11.9. The first-order chi connectivity index (χ1) is 8.66. The molecule has 1 N–H and O–H groups in total. The van der Waals surface area contributed by atoms with Gasteiger partial charge in [-0.25, -0.2) is 0 Å². The molecule has 0 bridgehead atoms. The van der Waals surface area contributed by atoms with Gasteiger partial charge in [0.05, 0.1) is 0 Å². The van der Waals surface area contributed by atoms with Crippen molar-refractivity contribution in [1.82, 2.24) is 10.2 Å². The van der Waals surface area contributed by atoms with Crippen LogP contribution < -0.4 is 5.32 Å². The fraction of sp³-hybridized carbons (Fsp3) is 0.625. The summed E-state index contributed by atoms with van der Waals surface area (Å²) >= 11 is 0. The van der Waals surface area contributed by atoms with Crippen LogP contribution in [-0.4, -0.2) is 24.0 Å². The van der Waals surface area contributed by atoms with E-state index in [1.165, 1.54) is 30.4 Å². The molecule has 100 valence electrons. The van der Waals surface area contributed by atoms with Crippen molar-refractivity contribution >= 4 is 0 Å². The average molecular weight is 246 g/mol. The number of nitrogens with one attached hydrogen (secondary N) is 1. The number of hydrogen-bond donors (Lipinski definition) is 1. The summed E-state index contributed by atoms with van der Waals surface area (Å²) < 4.78 is 0. The second-order valence-electron chi connectivity index (χ2n) is 5.80. The van der Waals surface area contributed by atoms with E-state index in [0.29, 0.717) is 6.04 Å². The molecule has 0 heterocycles. The molecule has 0 unspecified atom stereocenters. The molecule has 0 saturated heterocycles. The summed E-state index contributed by atoms with van der Waals surface area (Å²) in [5.41, 5.74) is 2.91. The SMILES string of the molecule is CC(C)NCc1ccccc1CN(C)C1CCC1. The maximum atomic E-state index is 3.51. The summed E-state index contributed by atoms with van der Waals surface area (Å²) in [6.07, 6.45) is 4.16. The molecular weight excluding hydrogens is 220 g/mol. The topological polar surface area (TPSA) is 15.3 Å². The quantitative estimate of drug-likeness (QED) is 0.829. The van der Waals surface area contributed by atoms with E-state index in [1.807, 2.05) is 0 Å². The van der Waals surface area contributed by atoms with Crippen molar-refractivity contribution in [2.24, 2.45) is 0 Å². The molecule has 1 aliphatic rings. The Labute approximate surface area is 111 Å². The number of rotatable bonds is 6. The standard InChI is InChI=1S/C16H26N2/c1-13(2)17-11-14-7-4-5-8-15(14)12-18(3)16-9-6-10-16/h4-5,7-8,13,16-17H,6,9-12H2,1-3H3. The molecule has 0 spiro atoms. The zero-order chi connectivity index (χ0) is 13.0. The van der Waals surface area contributed by atoms with E-state index in [9.17, 15) is 0 Å². The molecule has 0 radical (unpaired) electrons. The van der Waals surface area contributed by atoms with Crippen LogP contribution in [0.1, 0.15) is 44.2 Å². The Kier molecular flexibility index (Phi) is 4.79. The van der Waals surface area contributed by atoms with Gasteiger partial charge in [-0.3, -0.25) is 4.90 Å². The van der Waals surface area contributed by atoms with Crippen LogP contribution >= 0.6 is 0 Å². The van der Waals surface area contributed by atoms with Crippen LogP contribution in [0.25, 0.3) is 0 Å². The Morgan fingerprint density at radius 3 is 2.44 bits per heavy atom. The lowest BCUT2D eigenvalue weighted by atomic mass is 9.91. The van der Waals surface area contributed by atoms with Gasteiger partial charge in [-0.2, -0.15) is 0 Å². The summed E-state index contributed by atoms with van der Waals surface area (Å²) in [4.78, 5) is 2.51. The van der Waals surface area contributed by atoms with Crippen molar-refractivity contribution < 1.29 is 0 Å². The van der Waals surface area contributed by atoms with Crippen LogP contribution in [0.3, 0.4) is 0 Å². The summed E-state index contributed by atoms with van der Waals surface area (Å²) in [6, 6.07) is 10.2. The molecule has 1 aromatic rings. The predicted molar refractivity (Wildman–Crippen MR) is 77.5 cm³/mol. The van der Waals surface area contributed by atoms with Crippen molar-refractivity contribution in [2.75, 3.05) is 7.05 Å². The minimum Gasteiger partial charge on any atom is -0.310 e. The van der Waals surface area contributed by atoms with E-state index in [1.54, 1.807) is 0 Å². The fourth-order valence-corrected chi connectivity index (χ4v) is 2.42. The highest BCUT2D eigenvalue weighted by Crippen LogP contribution is 2.25. The lowest BCUT2D eigenvalue weighted by Crippen LogP contribution is -2.36. The lowest BCUT2D eigenvalue weighted by molar-refractivity contribution is 0.152. The highest BCUT2D eigenvalue weighted by atomic mass is 15.1. The first kappa shape index (κ1) is 13.6. The van der Waals surface area contributed by atoms with E-state index in [2.05, 4.69) is 55.4 Å². The van der Waals surface area contributed by atoms with Gasteiger partial charge in [0.25, 0.3) is 0 Å². The first-order valence-corrected chi connectivity index (χ1v) is 7.17. The van der Waals surface area contributed by atoms with Gasteiger partial charge in [0, 0.05) is 25.2 Å². The Morgan fingerprint density at radius 2 is 1.89 bits per heavy atom. The van der Waals surface area contributed by atoms with Gasteiger partial charge in [-0.15, -0.1) is 0 Å². The van der Waals surface area contributed by atoms with Crippen molar-refractivity contribution in [3.63, 3.8) is 0 Å². The fourth-order valence-electron chi connectivity index (χ4n) is 2.42. The van der Waals surface area contributed by atoms with Gasteiger partial charge in [-0.05, 0) is 31.0 Å². The Morgan fingerprint density at radius 1 is 1.22 bits per heavy atom. The third-order valence-corrected chi connectivity index (χ3v) is 3.94. The Balaban J connectivity index is 1.97. The van der Waals surface area contributed by atoms with E-state index in [0.717, 1.165) is 19.1 Å². The third kappa shape index (κ3) is 3.56. The molecule has 1 aromatic carbocycles. The number of hydrogen-bond acceptors (Lipinski definition) is 2. The Bertz CT molecular complexity index is 369. The van der Waals surface area contributed by atoms with E-state index >= 15 is 0 Å². The Hall–Kier alpha value is -0.860. The molecule has 0 atom stereocenters. The highest BCUT2D eigenvalue weighted by Gasteiger charge is 2.22. The second-order valence-corrected chi connectivity index (χ2v) is 5.80. The van der Waals surface area contributed by atoms with Crippen molar-refractivity contribution in [1.29, 1.82) is 0 Å². The molecule has 18 heavy (non-hydrogen) atoms. The highest BCUT2D eigenvalue weighted by molar-refractivity contribution is 5.27. The minimum atomic E-state index is 0.544. The zero-order valence-electron chi connectivity index (χ0n) is 11.9. The van der Waals surface area contributed by atoms with Crippen LogP contribution in [-0.2, 0) is 13.1 Å². The molecule has 1 fully saturated rings. The van der Waals surface area contributed by atoms with E-state index in [4.69, 9.17) is 0 Å². The van der Waals surface area contributed by atoms with Crippen molar-refractivity contribution in [3.8, 4) is 0 Å². The van der Waals surface area contributed by atoms with Crippen molar-refractivity contribution in [3.05, 3.63) is 35.4 Å². The maximum absolute atomic E-state index is 3.51. The smallest absolute Gasteiger partial charge is 0.0236 e. The molecule has 2 heteroatoms. The monoisotopic (exact) mass is 246 g/mol. The van der Waals surface area contributed by atoms with Gasteiger partial charge >= 0.3 is 0 Å². The summed E-state index contributed by atoms with van der Waals surface area (Å²) in [5, 5.41) is 3.51. The van der Waals surface area contributed by atoms with Crippen LogP contribution in [0.5, 0.6) is 0 Å². The number of nitrogens with zero attached hydrogens (tertiary/aromatic N) is 1. The van der Waals surface area contributed by atoms with Crippen LogP contribution in [0.4, 0.5) is 0 Å². The first-order valence-electron chi connectivity index (χ1n) is 7.17.